The Morgan fingerprint density at radius 3 is 2.60 bits per heavy atom. The average molecular weight is 335 g/mol. The lowest BCUT2D eigenvalue weighted by Crippen LogP contribution is -2.39. The van der Waals surface area contributed by atoms with Crippen molar-refractivity contribution >= 4 is 5.78 Å². The summed E-state index contributed by atoms with van der Waals surface area (Å²) in [5.41, 5.74) is 0.770. The van der Waals surface area contributed by atoms with E-state index < -0.39 is 0 Å². The largest absolute Gasteiger partial charge is 0.457 e. The molecule has 0 bridgehead atoms. The number of ether oxygens (including phenoxy) is 1. The Morgan fingerprint density at radius 1 is 1.00 bits per heavy atom. The first-order valence-corrected chi connectivity index (χ1v) is 9.37. The number of hydrogen-bond donors (Lipinski definition) is 0. The smallest absolute Gasteiger partial charge is 0.167 e. The van der Waals surface area contributed by atoms with Crippen LogP contribution in [0.5, 0.6) is 11.5 Å². The van der Waals surface area contributed by atoms with Crippen LogP contribution in [-0.4, -0.2) is 30.3 Å². The third kappa shape index (κ3) is 4.29. The molecule has 1 aliphatic heterocycles. The van der Waals surface area contributed by atoms with Crippen LogP contribution in [-0.2, 0) is 0 Å². The highest BCUT2D eigenvalue weighted by molar-refractivity contribution is 5.98. The van der Waals surface area contributed by atoms with E-state index in [1.165, 1.54) is 19.4 Å². The second kappa shape index (κ2) is 7.40. The molecule has 1 heterocycles. The van der Waals surface area contributed by atoms with Gasteiger partial charge in [0.05, 0.1) is 0 Å². The lowest BCUT2D eigenvalue weighted by atomic mass is 9.90. The number of para-hydroxylation sites is 1. The summed E-state index contributed by atoms with van der Waals surface area (Å²) in [6, 6.07) is 17.3. The summed E-state index contributed by atoms with van der Waals surface area (Å²) in [6.07, 6.45) is 4.87. The number of likely N-dealkylation sites (tertiary alicyclic amines) is 1. The van der Waals surface area contributed by atoms with E-state index in [1.54, 1.807) is 0 Å². The van der Waals surface area contributed by atoms with Crippen LogP contribution >= 0.6 is 0 Å². The predicted octanol–water partition coefficient (Wildman–Crippen LogP) is 4.78. The van der Waals surface area contributed by atoms with Crippen molar-refractivity contribution in [3.63, 3.8) is 0 Å². The van der Waals surface area contributed by atoms with Crippen LogP contribution in [0.4, 0.5) is 0 Å². The van der Waals surface area contributed by atoms with Gasteiger partial charge >= 0.3 is 0 Å². The van der Waals surface area contributed by atoms with Crippen LogP contribution in [0.3, 0.4) is 0 Å². The fraction of sp³-hybridized carbons (Fsp3) is 0.409. The Morgan fingerprint density at radius 2 is 1.80 bits per heavy atom. The monoisotopic (exact) mass is 335 g/mol. The molecule has 1 saturated carbocycles. The van der Waals surface area contributed by atoms with Crippen LogP contribution in [0.25, 0.3) is 0 Å². The van der Waals surface area contributed by atoms with Crippen LogP contribution in [0.2, 0.25) is 0 Å². The highest BCUT2D eigenvalue weighted by atomic mass is 16.5. The van der Waals surface area contributed by atoms with Gasteiger partial charge in [-0.1, -0.05) is 30.3 Å². The van der Waals surface area contributed by atoms with E-state index >= 15 is 0 Å². The van der Waals surface area contributed by atoms with Gasteiger partial charge in [0.15, 0.2) is 5.78 Å². The fourth-order valence-electron chi connectivity index (χ4n) is 3.67. The first kappa shape index (κ1) is 16.3. The molecule has 1 atom stereocenters. The van der Waals surface area contributed by atoms with Crippen molar-refractivity contribution < 1.29 is 9.53 Å². The maximum atomic E-state index is 13.0. The number of ketones is 1. The maximum Gasteiger partial charge on any atom is 0.167 e. The second-order valence-corrected chi connectivity index (χ2v) is 7.35. The third-order valence-electron chi connectivity index (χ3n) is 5.19. The minimum atomic E-state index is 0.125. The number of Topliss-reactive ketones (excluding diaryl/α,β-unsaturated/α-hetero) is 1. The van der Waals surface area contributed by atoms with Crippen molar-refractivity contribution in [2.24, 2.45) is 11.8 Å². The molecule has 0 radical (unpaired) electrons. The van der Waals surface area contributed by atoms with E-state index in [9.17, 15) is 4.79 Å². The minimum absolute atomic E-state index is 0.125. The molecule has 0 N–H and O–H groups in total. The third-order valence-corrected chi connectivity index (χ3v) is 5.19. The molecular formula is C22H25NO2. The van der Waals surface area contributed by atoms with Gasteiger partial charge in [0.2, 0.25) is 0 Å². The van der Waals surface area contributed by atoms with E-state index in [4.69, 9.17) is 4.74 Å². The molecule has 0 spiro atoms. The van der Waals surface area contributed by atoms with Gasteiger partial charge in [0, 0.05) is 24.6 Å². The normalized spacial score (nSPS) is 21.0. The lowest BCUT2D eigenvalue weighted by molar-refractivity contribution is 0.0814. The topological polar surface area (TPSA) is 29.5 Å². The molecule has 3 nitrogen and oxygen atoms in total. The zero-order valence-corrected chi connectivity index (χ0v) is 14.6. The van der Waals surface area contributed by atoms with Gasteiger partial charge in [-0.2, -0.15) is 0 Å². The summed E-state index contributed by atoms with van der Waals surface area (Å²) in [4.78, 5) is 15.5. The van der Waals surface area contributed by atoms with Crippen LogP contribution in [0, 0.1) is 11.8 Å². The first-order valence-electron chi connectivity index (χ1n) is 9.37. The summed E-state index contributed by atoms with van der Waals surface area (Å²) >= 11 is 0. The van der Waals surface area contributed by atoms with Gasteiger partial charge in [0.25, 0.3) is 0 Å². The standard InChI is InChI=1S/C22H25NO2/c24-22(19-7-5-13-23(16-19)15-17-11-12-17)18-6-4-10-21(14-18)25-20-8-2-1-3-9-20/h1-4,6,8-10,14,17,19H,5,7,11-13,15-16H2/t19-/m0/s1. The number of rotatable bonds is 6. The van der Waals surface area contributed by atoms with E-state index in [0.717, 1.165) is 48.9 Å². The Hall–Kier alpha value is -2.13. The van der Waals surface area contributed by atoms with E-state index in [1.807, 2.05) is 54.6 Å². The predicted molar refractivity (Wildman–Crippen MR) is 99.2 cm³/mol. The minimum Gasteiger partial charge on any atom is -0.457 e. The average Bonchev–Trinajstić information content (AvgIpc) is 3.46. The van der Waals surface area contributed by atoms with Crippen molar-refractivity contribution in [3.8, 4) is 11.5 Å². The van der Waals surface area contributed by atoms with Gasteiger partial charge in [0.1, 0.15) is 11.5 Å². The van der Waals surface area contributed by atoms with E-state index in [-0.39, 0.29) is 11.7 Å². The molecule has 2 aliphatic rings. The molecule has 4 rings (SSSR count). The Bertz CT molecular complexity index is 724. The number of hydrogen-bond acceptors (Lipinski definition) is 3. The first-order chi connectivity index (χ1) is 12.3. The molecule has 0 aromatic heterocycles. The fourth-order valence-corrected chi connectivity index (χ4v) is 3.67. The summed E-state index contributed by atoms with van der Waals surface area (Å²) in [7, 11) is 0. The molecule has 3 heteroatoms. The summed E-state index contributed by atoms with van der Waals surface area (Å²) in [5, 5.41) is 0. The molecule has 130 valence electrons. The van der Waals surface area contributed by atoms with Crippen molar-refractivity contribution in [3.05, 3.63) is 60.2 Å². The Labute approximate surface area is 149 Å². The number of carbonyl (C=O) groups is 1. The van der Waals surface area contributed by atoms with Crippen LogP contribution < -0.4 is 4.74 Å². The lowest BCUT2D eigenvalue weighted by Gasteiger charge is -2.32. The molecule has 25 heavy (non-hydrogen) atoms. The van der Waals surface area contributed by atoms with Crippen molar-refractivity contribution in [2.75, 3.05) is 19.6 Å². The van der Waals surface area contributed by atoms with Gasteiger partial charge in [-0.05, 0) is 62.4 Å². The number of carbonyl (C=O) groups excluding carboxylic acids is 1. The highest BCUT2D eigenvalue weighted by Crippen LogP contribution is 2.32. The zero-order valence-electron chi connectivity index (χ0n) is 14.6. The highest BCUT2D eigenvalue weighted by Gasteiger charge is 2.30. The number of piperidine rings is 1. The molecule has 1 saturated heterocycles. The summed E-state index contributed by atoms with van der Waals surface area (Å²) in [6.45, 7) is 3.25. The maximum absolute atomic E-state index is 13.0. The second-order valence-electron chi connectivity index (χ2n) is 7.35. The summed E-state index contributed by atoms with van der Waals surface area (Å²) in [5.74, 6) is 2.79. The van der Waals surface area contributed by atoms with Gasteiger partial charge < -0.3 is 9.64 Å². The molecule has 2 fully saturated rings. The van der Waals surface area contributed by atoms with Crippen molar-refractivity contribution in [2.45, 2.75) is 25.7 Å². The van der Waals surface area contributed by atoms with E-state index in [2.05, 4.69) is 4.90 Å². The van der Waals surface area contributed by atoms with Gasteiger partial charge in [-0.25, -0.2) is 0 Å². The van der Waals surface area contributed by atoms with E-state index in [0.29, 0.717) is 0 Å². The zero-order chi connectivity index (χ0) is 17.1. The van der Waals surface area contributed by atoms with Crippen LogP contribution in [0.15, 0.2) is 54.6 Å². The quantitative estimate of drug-likeness (QED) is 0.711. The Balaban J connectivity index is 1.43. The summed E-state index contributed by atoms with van der Waals surface area (Å²) < 4.78 is 5.88. The SMILES string of the molecule is O=C(c1cccc(Oc2ccccc2)c1)[C@H]1CCCN(CC2CC2)C1. The van der Waals surface area contributed by atoms with Gasteiger partial charge in [-0.15, -0.1) is 0 Å². The molecule has 0 unspecified atom stereocenters. The van der Waals surface area contributed by atoms with Crippen molar-refractivity contribution in [1.82, 2.24) is 4.90 Å². The molecular weight excluding hydrogens is 310 g/mol. The van der Waals surface area contributed by atoms with Crippen molar-refractivity contribution in [1.29, 1.82) is 0 Å². The number of benzene rings is 2. The Kier molecular flexibility index (Phi) is 4.84. The molecule has 2 aromatic rings. The van der Waals surface area contributed by atoms with Gasteiger partial charge in [-0.3, -0.25) is 4.79 Å². The molecule has 0 amide bonds. The van der Waals surface area contributed by atoms with Crippen LogP contribution in [0.1, 0.15) is 36.0 Å². The number of nitrogens with zero attached hydrogens (tertiary/aromatic N) is 1. The molecule has 2 aromatic carbocycles. The molecule has 1 aliphatic carbocycles.